The van der Waals surface area contributed by atoms with Gasteiger partial charge in [0.1, 0.15) is 12.6 Å². The quantitative estimate of drug-likeness (QED) is 0.782. The predicted octanol–water partition coefficient (Wildman–Crippen LogP) is 3.28. The second kappa shape index (κ2) is 5.19. The van der Waals surface area contributed by atoms with Crippen LogP contribution < -0.4 is 4.90 Å². The number of fused-ring (bicyclic) bond motifs is 2. The van der Waals surface area contributed by atoms with Gasteiger partial charge in [-0.05, 0) is 24.1 Å². The van der Waals surface area contributed by atoms with Crippen molar-refractivity contribution >= 4 is 17.4 Å². The average molecular weight is 348 g/mol. The molecule has 0 radical (unpaired) electrons. The Morgan fingerprint density at radius 2 is 1.88 bits per heavy atom. The Balaban J connectivity index is 2.24. The summed E-state index contributed by atoms with van der Waals surface area (Å²) >= 11 is 0. The van der Waals surface area contributed by atoms with Crippen molar-refractivity contribution in [2.45, 2.75) is 31.9 Å². The van der Waals surface area contributed by atoms with Gasteiger partial charge in [0.15, 0.2) is 5.78 Å². The summed E-state index contributed by atoms with van der Waals surface area (Å²) in [7, 11) is 0. The first-order valence-electron chi connectivity index (χ1n) is 7.68. The first-order chi connectivity index (χ1) is 11.5. The molecular weight excluding hydrogens is 333 g/mol. The van der Waals surface area contributed by atoms with Crippen molar-refractivity contribution in [3.63, 3.8) is 0 Å². The van der Waals surface area contributed by atoms with E-state index >= 15 is 0 Å². The molecule has 1 amide bonds. The zero-order chi connectivity index (χ0) is 18.6. The Kier molecular flexibility index (Phi) is 3.57. The molecule has 0 bridgehead atoms. The van der Waals surface area contributed by atoms with Gasteiger partial charge in [0.05, 0.1) is 11.0 Å². The second-order valence-corrected chi connectivity index (χ2v) is 7.05. The van der Waals surface area contributed by atoms with Crippen molar-refractivity contribution in [2.75, 3.05) is 11.4 Å². The smallest absolute Gasteiger partial charge is 0.302 e. The summed E-state index contributed by atoms with van der Waals surface area (Å²) in [6.07, 6.45) is -3.29. The minimum Gasteiger partial charge on any atom is -0.302 e. The Hall–Kier alpha value is -2.62. The van der Waals surface area contributed by atoms with Gasteiger partial charge in [-0.15, -0.1) is 0 Å². The maximum Gasteiger partial charge on any atom is 0.406 e. The highest BCUT2D eigenvalue weighted by atomic mass is 19.4. The van der Waals surface area contributed by atoms with Crippen LogP contribution in [-0.2, 0) is 15.0 Å². The largest absolute Gasteiger partial charge is 0.406 e. The molecule has 1 atom stereocenters. The van der Waals surface area contributed by atoms with Gasteiger partial charge >= 0.3 is 6.18 Å². The van der Waals surface area contributed by atoms with Gasteiger partial charge in [-0.1, -0.05) is 32.0 Å². The third kappa shape index (κ3) is 2.53. The van der Waals surface area contributed by atoms with Gasteiger partial charge in [0.2, 0.25) is 5.91 Å². The second-order valence-electron chi connectivity index (χ2n) is 7.05. The van der Waals surface area contributed by atoms with E-state index in [-0.39, 0.29) is 17.7 Å². The molecule has 0 saturated heterocycles. The number of rotatable bonds is 1. The van der Waals surface area contributed by atoms with Gasteiger partial charge in [-0.25, -0.2) is 0 Å². The molecule has 1 aliphatic heterocycles. The Morgan fingerprint density at radius 3 is 2.48 bits per heavy atom. The number of nitriles is 1. The van der Waals surface area contributed by atoms with E-state index in [0.717, 1.165) is 0 Å². The topological polar surface area (TPSA) is 61.2 Å². The molecule has 3 rings (SSSR count). The molecule has 1 heterocycles. The molecule has 0 N–H and O–H groups in total. The summed E-state index contributed by atoms with van der Waals surface area (Å²) in [6.45, 7) is 1.79. The summed E-state index contributed by atoms with van der Waals surface area (Å²) in [6, 6.07) is 8.02. The van der Waals surface area contributed by atoms with E-state index in [2.05, 4.69) is 0 Å². The standard InChI is InChI=1S/C18H15F3N2O2/c1-16(2)9-17(7-11(8-22)14(16)24)12-5-3-4-6-13(12)23(15(17)25)10-18(19,20)21/h3-7H,9-10H2,1-2H3. The number of ketones is 1. The number of benzene rings is 1. The van der Waals surface area contributed by atoms with Crippen LogP contribution in [-0.4, -0.2) is 24.4 Å². The van der Waals surface area contributed by atoms with Crippen molar-refractivity contribution in [2.24, 2.45) is 5.41 Å². The number of hydrogen-bond acceptors (Lipinski definition) is 3. The van der Waals surface area contributed by atoms with Crippen molar-refractivity contribution in [1.82, 2.24) is 0 Å². The number of Topliss-reactive ketones (excluding diaryl/α,β-unsaturated/α-hetero) is 1. The normalized spacial score (nSPS) is 25.0. The molecule has 4 nitrogen and oxygen atoms in total. The van der Waals surface area contributed by atoms with E-state index in [1.807, 2.05) is 0 Å². The highest BCUT2D eigenvalue weighted by molar-refractivity contribution is 6.14. The summed E-state index contributed by atoms with van der Waals surface area (Å²) in [5.74, 6) is -1.15. The third-order valence-electron chi connectivity index (χ3n) is 4.73. The van der Waals surface area contributed by atoms with Crippen LogP contribution in [0.4, 0.5) is 18.9 Å². The predicted molar refractivity (Wildman–Crippen MR) is 83.6 cm³/mol. The monoisotopic (exact) mass is 348 g/mol. The molecule has 0 saturated carbocycles. The fourth-order valence-electron chi connectivity index (χ4n) is 3.79. The van der Waals surface area contributed by atoms with Crippen LogP contribution in [0.25, 0.3) is 0 Å². The number of amides is 1. The molecule has 0 fully saturated rings. The number of anilines is 1. The van der Waals surface area contributed by atoms with Crippen molar-refractivity contribution in [3.05, 3.63) is 41.5 Å². The first-order valence-corrected chi connectivity index (χ1v) is 7.68. The summed E-state index contributed by atoms with van der Waals surface area (Å²) in [5, 5.41) is 9.28. The molecule has 1 spiro atoms. The van der Waals surface area contributed by atoms with Crippen LogP contribution in [0.3, 0.4) is 0 Å². The molecule has 0 aromatic heterocycles. The third-order valence-corrected chi connectivity index (χ3v) is 4.73. The molecule has 1 aromatic rings. The van der Waals surface area contributed by atoms with E-state index in [1.165, 1.54) is 12.1 Å². The Morgan fingerprint density at radius 1 is 1.24 bits per heavy atom. The first kappa shape index (κ1) is 17.2. The highest BCUT2D eigenvalue weighted by Crippen LogP contribution is 2.52. The molecular formula is C18H15F3N2O2. The minimum atomic E-state index is -4.56. The Labute approximate surface area is 142 Å². The number of carbonyl (C=O) groups is 2. The maximum atomic E-state index is 13.0. The van der Waals surface area contributed by atoms with Crippen LogP contribution in [0.5, 0.6) is 0 Å². The van der Waals surface area contributed by atoms with Gasteiger partial charge in [0, 0.05) is 11.1 Å². The number of hydrogen-bond donors (Lipinski definition) is 0. The summed E-state index contributed by atoms with van der Waals surface area (Å²) in [5.41, 5.74) is -2.07. The average Bonchev–Trinajstić information content (AvgIpc) is 2.72. The van der Waals surface area contributed by atoms with E-state index in [4.69, 9.17) is 0 Å². The lowest BCUT2D eigenvalue weighted by Crippen LogP contribution is -2.48. The fourth-order valence-corrected chi connectivity index (χ4v) is 3.79. The zero-order valence-corrected chi connectivity index (χ0v) is 13.6. The van der Waals surface area contributed by atoms with Crippen LogP contribution in [0.15, 0.2) is 35.9 Å². The van der Waals surface area contributed by atoms with Gasteiger partial charge in [-0.2, -0.15) is 18.4 Å². The van der Waals surface area contributed by atoms with Crippen LogP contribution >= 0.6 is 0 Å². The Bertz CT molecular complexity index is 849. The van der Waals surface area contributed by atoms with Crippen LogP contribution in [0.1, 0.15) is 25.8 Å². The number of para-hydroxylation sites is 1. The van der Waals surface area contributed by atoms with Crippen molar-refractivity contribution in [3.8, 4) is 6.07 Å². The number of allylic oxidation sites excluding steroid dienone is 1. The lowest BCUT2D eigenvalue weighted by atomic mass is 9.62. The number of nitrogens with zero attached hydrogens (tertiary/aromatic N) is 2. The zero-order valence-electron chi connectivity index (χ0n) is 13.6. The van der Waals surface area contributed by atoms with Crippen LogP contribution in [0.2, 0.25) is 0 Å². The maximum absolute atomic E-state index is 13.0. The minimum absolute atomic E-state index is 0.0220. The van der Waals surface area contributed by atoms with Gasteiger partial charge < -0.3 is 4.90 Å². The number of halogens is 3. The van der Waals surface area contributed by atoms with Crippen LogP contribution in [0, 0.1) is 16.7 Å². The fraction of sp³-hybridized carbons (Fsp3) is 0.389. The molecule has 130 valence electrons. The summed E-state index contributed by atoms with van der Waals surface area (Å²) in [4.78, 5) is 26.1. The lowest BCUT2D eigenvalue weighted by Gasteiger charge is -2.37. The van der Waals surface area contributed by atoms with E-state index < -0.39 is 35.2 Å². The molecule has 1 aromatic carbocycles. The van der Waals surface area contributed by atoms with E-state index in [0.29, 0.717) is 10.5 Å². The molecule has 1 unspecified atom stereocenters. The molecule has 1 aliphatic carbocycles. The SMILES string of the molecule is CC1(C)CC2(C=C(C#N)C1=O)C(=O)N(CC(F)(F)F)c1ccccc12. The number of alkyl halides is 3. The van der Waals surface area contributed by atoms with Gasteiger partial charge in [-0.3, -0.25) is 9.59 Å². The van der Waals surface area contributed by atoms with Gasteiger partial charge in [0.25, 0.3) is 0 Å². The molecule has 2 aliphatic rings. The molecule has 25 heavy (non-hydrogen) atoms. The highest BCUT2D eigenvalue weighted by Gasteiger charge is 2.57. The lowest BCUT2D eigenvalue weighted by molar-refractivity contribution is -0.135. The van der Waals surface area contributed by atoms with E-state index in [9.17, 15) is 28.0 Å². The number of carbonyl (C=O) groups excluding carboxylic acids is 2. The van der Waals surface area contributed by atoms with Crippen molar-refractivity contribution < 1.29 is 22.8 Å². The molecule has 7 heteroatoms. The summed E-state index contributed by atoms with van der Waals surface area (Å²) < 4.78 is 38.9. The van der Waals surface area contributed by atoms with E-state index in [1.54, 1.807) is 38.1 Å². The van der Waals surface area contributed by atoms with Crippen molar-refractivity contribution in [1.29, 1.82) is 5.26 Å².